The Morgan fingerprint density at radius 3 is 2.29 bits per heavy atom. The van der Waals surface area contributed by atoms with E-state index in [1.165, 1.54) is 5.56 Å². The third-order valence-corrected chi connectivity index (χ3v) is 6.09. The zero-order chi connectivity index (χ0) is 16.4. The van der Waals surface area contributed by atoms with Crippen molar-refractivity contribution in [1.82, 2.24) is 0 Å². The second-order valence-electron chi connectivity index (χ2n) is 6.08. The molecule has 4 aromatic carbocycles. The highest BCUT2D eigenvalue weighted by Crippen LogP contribution is 2.36. The van der Waals surface area contributed by atoms with Crippen LogP contribution in [-0.2, 0) is 6.42 Å². The SMILES string of the molecule is O=c1/c(=C2\Cc3ccccc3N2)c2ccc(Br)c3c(Br)ccc1c32. The van der Waals surface area contributed by atoms with E-state index in [0.717, 1.165) is 53.5 Å². The van der Waals surface area contributed by atoms with Gasteiger partial charge < -0.3 is 5.32 Å². The summed E-state index contributed by atoms with van der Waals surface area (Å²) in [6.07, 6.45) is 0.768. The fourth-order valence-electron chi connectivity index (χ4n) is 3.71. The molecule has 24 heavy (non-hydrogen) atoms. The number of nitrogens with one attached hydrogen (secondary N) is 1. The van der Waals surface area contributed by atoms with E-state index >= 15 is 0 Å². The first-order valence-electron chi connectivity index (χ1n) is 7.69. The molecule has 116 valence electrons. The molecule has 0 fully saturated rings. The zero-order valence-electron chi connectivity index (χ0n) is 12.5. The Morgan fingerprint density at radius 1 is 0.833 bits per heavy atom. The molecule has 2 nitrogen and oxygen atoms in total. The van der Waals surface area contributed by atoms with E-state index in [0.29, 0.717) is 0 Å². The van der Waals surface area contributed by atoms with Crippen LogP contribution in [0.5, 0.6) is 0 Å². The molecule has 0 atom stereocenters. The Hall–Kier alpha value is -1.91. The maximum Gasteiger partial charge on any atom is 0.196 e. The van der Waals surface area contributed by atoms with Crippen molar-refractivity contribution in [2.75, 3.05) is 5.32 Å². The van der Waals surface area contributed by atoms with E-state index in [-0.39, 0.29) is 5.43 Å². The second kappa shape index (κ2) is 5.04. The average Bonchev–Trinajstić information content (AvgIpc) is 3.11. The Labute approximate surface area is 154 Å². The van der Waals surface area contributed by atoms with E-state index in [2.05, 4.69) is 49.3 Å². The van der Waals surface area contributed by atoms with Crippen molar-refractivity contribution >= 4 is 64.8 Å². The van der Waals surface area contributed by atoms with Crippen LogP contribution in [0.1, 0.15) is 5.56 Å². The van der Waals surface area contributed by atoms with Gasteiger partial charge in [-0.2, -0.15) is 0 Å². The van der Waals surface area contributed by atoms with Crippen molar-refractivity contribution in [3.05, 3.63) is 78.5 Å². The molecule has 4 aromatic rings. The lowest BCUT2D eigenvalue weighted by Gasteiger charge is -2.04. The van der Waals surface area contributed by atoms with Crippen LogP contribution < -0.4 is 16.0 Å². The predicted octanol–water partition coefficient (Wildman–Crippen LogP) is 4.81. The number of benzene rings is 3. The van der Waals surface area contributed by atoms with Crippen LogP contribution in [0.25, 0.3) is 27.2 Å². The summed E-state index contributed by atoms with van der Waals surface area (Å²) in [4.78, 5) is 13.1. The van der Waals surface area contributed by atoms with Crippen molar-refractivity contribution in [2.24, 2.45) is 0 Å². The van der Waals surface area contributed by atoms with Crippen molar-refractivity contribution in [3.63, 3.8) is 0 Å². The normalized spacial score (nSPS) is 15.9. The first kappa shape index (κ1) is 14.4. The number of anilines is 1. The van der Waals surface area contributed by atoms with Crippen LogP contribution in [0, 0.1) is 0 Å². The van der Waals surface area contributed by atoms with E-state index in [9.17, 15) is 4.79 Å². The van der Waals surface area contributed by atoms with Crippen molar-refractivity contribution in [2.45, 2.75) is 6.42 Å². The quantitative estimate of drug-likeness (QED) is 0.425. The molecule has 1 aliphatic heterocycles. The van der Waals surface area contributed by atoms with Crippen LogP contribution in [0.3, 0.4) is 0 Å². The molecule has 0 spiro atoms. The fraction of sp³-hybridized carbons (Fsp3) is 0.0500. The summed E-state index contributed by atoms with van der Waals surface area (Å²) in [5.41, 5.74) is 3.43. The van der Waals surface area contributed by atoms with Crippen LogP contribution in [0.15, 0.2) is 62.3 Å². The highest BCUT2D eigenvalue weighted by atomic mass is 79.9. The number of rotatable bonds is 0. The van der Waals surface area contributed by atoms with Gasteiger partial charge in [-0.25, -0.2) is 0 Å². The molecule has 0 unspecified atom stereocenters. The van der Waals surface area contributed by atoms with Gasteiger partial charge in [0.25, 0.3) is 0 Å². The molecule has 4 heteroatoms. The second-order valence-corrected chi connectivity index (χ2v) is 7.79. The first-order valence-corrected chi connectivity index (χ1v) is 9.27. The summed E-state index contributed by atoms with van der Waals surface area (Å²) in [7, 11) is 0. The Balaban J connectivity index is 1.96. The summed E-state index contributed by atoms with van der Waals surface area (Å²) < 4.78 is 1.99. The molecule has 1 N–H and O–H groups in total. The van der Waals surface area contributed by atoms with Crippen molar-refractivity contribution in [3.8, 4) is 0 Å². The lowest BCUT2D eigenvalue weighted by molar-refractivity contribution is 1.35. The topological polar surface area (TPSA) is 29.1 Å². The molecule has 0 bridgehead atoms. The number of para-hydroxylation sites is 1. The lowest BCUT2D eigenvalue weighted by atomic mass is 10.1. The molecule has 0 aliphatic carbocycles. The minimum absolute atomic E-state index is 0.107. The van der Waals surface area contributed by atoms with Gasteiger partial charge in [0.2, 0.25) is 0 Å². The molecule has 0 saturated carbocycles. The van der Waals surface area contributed by atoms with Crippen molar-refractivity contribution in [1.29, 1.82) is 0 Å². The molecule has 0 radical (unpaired) electrons. The van der Waals surface area contributed by atoms with Crippen LogP contribution in [-0.4, -0.2) is 0 Å². The molecule has 0 amide bonds. The van der Waals surface area contributed by atoms with Gasteiger partial charge in [-0.3, -0.25) is 4.79 Å². The fourth-order valence-corrected chi connectivity index (χ4v) is 5.07. The molecule has 5 rings (SSSR count). The zero-order valence-corrected chi connectivity index (χ0v) is 15.7. The molecule has 0 saturated heterocycles. The third-order valence-electron chi connectivity index (χ3n) is 4.77. The summed E-state index contributed by atoms with van der Waals surface area (Å²) >= 11 is 7.23. The first-order chi connectivity index (χ1) is 11.6. The summed E-state index contributed by atoms with van der Waals surface area (Å²) in [5.74, 6) is 0. The lowest BCUT2D eigenvalue weighted by Crippen LogP contribution is -2.24. The van der Waals surface area contributed by atoms with Gasteiger partial charge in [-0.05, 0) is 35.2 Å². The standard InChI is InChI=1S/C20H11Br2NO/c21-13-7-5-11-17-12(6-8-14(22)19(13)17)20(24)18(11)16-9-10-3-1-2-4-15(10)23-16/h1-8,23H,9H2/b18-16+. The summed E-state index contributed by atoms with van der Waals surface area (Å²) in [6.45, 7) is 0. The van der Waals surface area contributed by atoms with Gasteiger partial charge in [0, 0.05) is 42.9 Å². The van der Waals surface area contributed by atoms with Crippen molar-refractivity contribution < 1.29 is 0 Å². The molecular formula is C20H11Br2NO. The van der Waals surface area contributed by atoms with Gasteiger partial charge >= 0.3 is 0 Å². The Bertz CT molecular complexity index is 1210. The van der Waals surface area contributed by atoms with Gasteiger partial charge in [-0.1, -0.05) is 56.1 Å². The van der Waals surface area contributed by atoms with E-state index in [1.54, 1.807) is 0 Å². The summed E-state index contributed by atoms with van der Waals surface area (Å²) in [6, 6.07) is 16.1. The van der Waals surface area contributed by atoms with Crippen LogP contribution in [0.4, 0.5) is 5.69 Å². The van der Waals surface area contributed by atoms with E-state index in [4.69, 9.17) is 0 Å². The summed E-state index contributed by atoms with van der Waals surface area (Å²) in [5, 5.41) is 8.14. The number of fused-ring (bicyclic) bond motifs is 1. The minimum Gasteiger partial charge on any atom is -0.358 e. The highest BCUT2D eigenvalue weighted by Gasteiger charge is 2.21. The molecular weight excluding hydrogens is 430 g/mol. The average molecular weight is 441 g/mol. The Morgan fingerprint density at radius 2 is 1.54 bits per heavy atom. The monoisotopic (exact) mass is 439 g/mol. The van der Waals surface area contributed by atoms with Gasteiger partial charge in [0.15, 0.2) is 5.43 Å². The highest BCUT2D eigenvalue weighted by molar-refractivity contribution is 9.11. The molecule has 1 aliphatic rings. The molecule has 0 aromatic heterocycles. The van der Waals surface area contributed by atoms with Gasteiger partial charge in [-0.15, -0.1) is 0 Å². The van der Waals surface area contributed by atoms with Crippen LogP contribution >= 0.6 is 31.9 Å². The van der Waals surface area contributed by atoms with Gasteiger partial charge in [0.05, 0.1) is 5.22 Å². The third kappa shape index (κ3) is 1.84. The molecule has 1 heterocycles. The maximum atomic E-state index is 13.1. The Kier molecular flexibility index (Phi) is 3.03. The van der Waals surface area contributed by atoms with E-state index < -0.39 is 0 Å². The predicted molar refractivity (Wildman–Crippen MR) is 107 cm³/mol. The number of halogens is 2. The largest absolute Gasteiger partial charge is 0.358 e. The smallest absolute Gasteiger partial charge is 0.196 e. The minimum atomic E-state index is 0.107. The van der Waals surface area contributed by atoms with Gasteiger partial charge in [0.1, 0.15) is 0 Å². The van der Waals surface area contributed by atoms with E-state index in [1.807, 2.05) is 36.4 Å². The number of hydrogen-bond acceptors (Lipinski definition) is 2. The maximum absolute atomic E-state index is 13.1. The number of hydrogen-bond donors (Lipinski definition) is 1. The van der Waals surface area contributed by atoms with Crippen LogP contribution in [0.2, 0.25) is 0 Å².